The van der Waals surface area contributed by atoms with E-state index in [0.717, 1.165) is 13.2 Å². The van der Waals surface area contributed by atoms with Crippen LogP contribution in [-0.4, -0.2) is 32.8 Å². The molecule has 1 aromatic rings. The number of piperidine rings is 1. The predicted molar refractivity (Wildman–Crippen MR) is 84.7 cm³/mol. The Morgan fingerprint density at radius 1 is 1.35 bits per heavy atom. The summed E-state index contributed by atoms with van der Waals surface area (Å²) in [7, 11) is 1.81. The highest BCUT2D eigenvalue weighted by atomic mass is 16.5. The van der Waals surface area contributed by atoms with E-state index in [1.807, 2.05) is 7.11 Å². The minimum absolute atomic E-state index is 0.606. The van der Waals surface area contributed by atoms with Crippen LogP contribution in [0.5, 0.6) is 0 Å². The summed E-state index contributed by atoms with van der Waals surface area (Å²) in [5.41, 5.74) is 4.20. The van der Waals surface area contributed by atoms with Gasteiger partial charge in [0.15, 0.2) is 0 Å². The SMILES string of the molecule is COCC1CCCN(c2ccc3c(c2)CCC(C)N3)C1. The maximum Gasteiger partial charge on any atom is 0.0507 e. The molecule has 3 nitrogen and oxygen atoms in total. The van der Waals surface area contributed by atoms with Gasteiger partial charge in [0.05, 0.1) is 6.61 Å². The number of methoxy groups -OCH3 is 1. The normalized spacial score (nSPS) is 26.0. The van der Waals surface area contributed by atoms with Gasteiger partial charge in [0.1, 0.15) is 0 Å². The summed E-state index contributed by atoms with van der Waals surface area (Å²) in [6.07, 6.45) is 5.02. The molecule has 2 unspecified atom stereocenters. The van der Waals surface area contributed by atoms with Crippen molar-refractivity contribution in [1.29, 1.82) is 0 Å². The second-order valence-electron chi connectivity index (χ2n) is 6.34. The molecule has 0 bridgehead atoms. The highest BCUT2D eigenvalue weighted by Gasteiger charge is 2.21. The number of rotatable bonds is 3. The molecule has 0 aromatic heterocycles. The van der Waals surface area contributed by atoms with Gasteiger partial charge in [-0.15, -0.1) is 0 Å². The van der Waals surface area contributed by atoms with E-state index in [4.69, 9.17) is 4.74 Å². The van der Waals surface area contributed by atoms with Gasteiger partial charge in [-0.05, 0) is 62.3 Å². The molecule has 2 aliphatic heterocycles. The van der Waals surface area contributed by atoms with Crippen LogP contribution in [0.1, 0.15) is 31.7 Å². The summed E-state index contributed by atoms with van der Waals surface area (Å²) in [4.78, 5) is 2.53. The summed E-state index contributed by atoms with van der Waals surface area (Å²) in [6.45, 7) is 5.47. The molecule has 0 aliphatic carbocycles. The van der Waals surface area contributed by atoms with Crippen molar-refractivity contribution in [2.24, 2.45) is 5.92 Å². The topological polar surface area (TPSA) is 24.5 Å². The molecule has 2 atom stereocenters. The Kier molecular flexibility index (Phi) is 4.16. The molecule has 1 saturated heterocycles. The van der Waals surface area contributed by atoms with Crippen molar-refractivity contribution >= 4 is 11.4 Å². The molecule has 3 rings (SSSR count). The Morgan fingerprint density at radius 2 is 2.25 bits per heavy atom. The summed E-state index contributed by atoms with van der Waals surface area (Å²) in [5.74, 6) is 0.683. The maximum absolute atomic E-state index is 5.33. The standard InChI is InChI=1S/C17H26N2O/c1-13-5-6-15-10-16(7-8-17(15)18-13)19-9-3-4-14(11-19)12-20-2/h7-8,10,13-14,18H,3-6,9,11-12H2,1-2H3. The van der Waals surface area contributed by atoms with Gasteiger partial charge in [-0.1, -0.05) is 0 Å². The molecule has 0 saturated carbocycles. The van der Waals surface area contributed by atoms with Gasteiger partial charge in [-0.3, -0.25) is 0 Å². The highest BCUT2D eigenvalue weighted by Crippen LogP contribution is 2.31. The van der Waals surface area contributed by atoms with Crippen LogP contribution in [0.25, 0.3) is 0 Å². The van der Waals surface area contributed by atoms with Gasteiger partial charge in [-0.2, -0.15) is 0 Å². The Labute approximate surface area is 122 Å². The number of hydrogen-bond donors (Lipinski definition) is 1. The molecule has 1 fully saturated rings. The van der Waals surface area contributed by atoms with Crippen molar-refractivity contribution < 1.29 is 4.74 Å². The van der Waals surface area contributed by atoms with Gasteiger partial charge in [0, 0.05) is 37.6 Å². The molecule has 0 radical (unpaired) electrons. The lowest BCUT2D eigenvalue weighted by Crippen LogP contribution is -2.37. The van der Waals surface area contributed by atoms with Crippen LogP contribution >= 0.6 is 0 Å². The van der Waals surface area contributed by atoms with Gasteiger partial charge >= 0.3 is 0 Å². The molecular formula is C17H26N2O. The summed E-state index contributed by atoms with van der Waals surface area (Å²) in [5, 5.41) is 3.58. The van der Waals surface area contributed by atoms with E-state index in [1.165, 1.54) is 49.2 Å². The van der Waals surface area contributed by atoms with Crippen LogP contribution in [-0.2, 0) is 11.2 Å². The average Bonchev–Trinajstić information content (AvgIpc) is 2.47. The fourth-order valence-corrected chi connectivity index (χ4v) is 3.51. The van der Waals surface area contributed by atoms with E-state index >= 15 is 0 Å². The molecule has 20 heavy (non-hydrogen) atoms. The number of hydrogen-bond acceptors (Lipinski definition) is 3. The first kappa shape index (κ1) is 13.7. The molecule has 110 valence electrons. The molecule has 1 aromatic carbocycles. The lowest BCUT2D eigenvalue weighted by molar-refractivity contribution is 0.143. The Bertz CT molecular complexity index is 458. The average molecular weight is 274 g/mol. The van der Waals surface area contributed by atoms with Crippen LogP contribution < -0.4 is 10.2 Å². The minimum Gasteiger partial charge on any atom is -0.384 e. The van der Waals surface area contributed by atoms with Gasteiger partial charge < -0.3 is 15.0 Å². The first-order chi connectivity index (χ1) is 9.76. The first-order valence-corrected chi connectivity index (χ1v) is 7.89. The molecule has 0 spiro atoms. The third kappa shape index (κ3) is 2.93. The largest absolute Gasteiger partial charge is 0.384 e. The van der Waals surface area contributed by atoms with E-state index in [1.54, 1.807) is 0 Å². The van der Waals surface area contributed by atoms with Crippen LogP contribution in [0.3, 0.4) is 0 Å². The zero-order chi connectivity index (χ0) is 13.9. The minimum atomic E-state index is 0.606. The zero-order valence-electron chi connectivity index (χ0n) is 12.7. The number of ether oxygens (including phenoxy) is 1. The van der Waals surface area contributed by atoms with Crippen LogP contribution in [0.15, 0.2) is 18.2 Å². The molecule has 2 aliphatic rings. The van der Waals surface area contributed by atoms with Crippen molar-refractivity contribution in [3.63, 3.8) is 0 Å². The third-order valence-corrected chi connectivity index (χ3v) is 4.62. The first-order valence-electron chi connectivity index (χ1n) is 7.89. The van der Waals surface area contributed by atoms with Gasteiger partial charge in [0.2, 0.25) is 0 Å². The number of nitrogens with one attached hydrogen (secondary N) is 1. The summed E-state index contributed by atoms with van der Waals surface area (Å²) < 4.78 is 5.33. The molecule has 3 heteroatoms. The third-order valence-electron chi connectivity index (χ3n) is 4.62. The van der Waals surface area contributed by atoms with Crippen molar-refractivity contribution in [3.8, 4) is 0 Å². The lowest BCUT2D eigenvalue weighted by Gasteiger charge is -2.35. The van der Waals surface area contributed by atoms with Crippen molar-refractivity contribution in [1.82, 2.24) is 0 Å². The quantitative estimate of drug-likeness (QED) is 0.915. The zero-order valence-corrected chi connectivity index (χ0v) is 12.7. The second-order valence-corrected chi connectivity index (χ2v) is 6.34. The lowest BCUT2D eigenvalue weighted by atomic mass is 9.96. The number of benzene rings is 1. The van der Waals surface area contributed by atoms with Crippen LogP contribution in [0.2, 0.25) is 0 Å². The number of fused-ring (bicyclic) bond motifs is 1. The molecule has 0 amide bonds. The smallest absolute Gasteiger partial charge is 0.0507 e. The predicted octanol–water partition coefficient (Wildman–Crippen LogP) is 3.30. The highest BCUT2D eigenvalue weighted by molar-refractivity contribution is 5.62. The second kappa shape index (κ2) is 6.04. The fourth-order valence-electron chi connectivity index (χ4n) is 3.51. The van der Waals surface area contributed by atoms with Crippen LogP contribution in [0.4, 0.5) is 11.4 Å². The van der Waals surface area contributed by atoms with Gasteiger partial charge in [0.25, 0.3) is 0 Å². The van der Waals surface area contributed by atoms with Crippen LogP contribution in [0, 0.1) is 5.92 Å². The maximum atomic E-state index is 5.33. The van der Waals surface area contributed by atoms with E-state index in [2.05, 4.69) is 35.3 Å². The van der Waals surface area contributed by atoms with Gasteiger partial charge in [-0.25, -0.2) is 0 Å². The molecular weight excluding hydrogens is 248 g/mol. The Hall–Kier alpha value is -1.22. The molecule has 1 N–H and O–H groups in total. The number of aryl methyl sites for hydroxylation is 1. The van der Waals surface area contributed by atoms with Crippen molar-refractivity contribution in [3.05, 3.63) is 23.8 Å². The Morgan fingerprint density at radius 3 is 3.10 bits per heavy atom. The number of anilines is 2. The number of nitrogens with zero attached hydrogens (tertiary/aromatic N) is 1. The van der Waals surface area contributed by atoms with E-state index in [0.29, 0.717) is 12.0 Å². The molecule has 2 heterocycles. The van der Waals surface area contributed by atoms with E-state index in [-0.39, 0.29) is 0 Å². The fraction of sp³-hybridized carbons (Fsp3) is 0.647. The monoisotopic (exact) mass is 274 g/mol. The Balaban J connectivity index is 1.74. The van der Waals surface area contributed by atoms with E-state index in [9.17, 15) is 0 Å². The van der Waals surface area contributed by atoms with Crippen molar-refractivity contribution in [2.45, 2.75) is 38.6 Å². The van der Waals surface area contributed by atoms with E-state index < -0.39 is 0 Å². The van der Waals surface area contributed by atoms with Crippen molar-refractivity contribution in [2.75, 3.05) is 37.0 Å². The summed E-state index contributed by atoms with van der Waals surface area (Å²) >= 11 is 0. The summed E-state index contributed by atoms with van der Waals surface area (Å²) in [6, 6.07) is 7.54.